The van der Waals surface area contributed by atoms with Crippen LogP contribution in [-0.2, 0) is 36.7 Å². The summed E-state index contributed by atoms with van der Waals surface area (Å²) in [6.45, 7) is 27.7. The molecule has 0 spiro atoms. The summed E-state index contributed by atoms with van der Waals surface area (Å²) in [5.41, 5.74) is 8.37. The molecule has 0 aliphatic heterocycles. The molecule has 0 saturated carbocycles. The molecule has 3 aromatic heterocycles. The molecule has 0 unspecified atom stereocenters. The number of carbonyl (C=O) groups is 1. The maximum atomic E-state index is 12.2. The topological polar surface area (TPSA) is 63.3 Å². The van der Waals surface area contributed by atoms with Gasteiger partial charge in [0.25, 0.3) is 0 Å². The largest absolute Gasteiger partial charge is 0.512 e. The second-order valence-corrected chi connectivity index (χ2v) is 18.6. The summed E-state index contributed by atoms with van der Waals surface area (Å²) in [7, 11) is 0. The molecule has 3 aromatic carbocycles. The maximum absolute atomic E-state index is 12.2. The number of aryl methyl sites for hydroxylation is 2. The number of carbonyl (C=O) groups excluding carboxylic acids is 1. The van der Waals surface area contributed by atoms with Gasteiger partial charge in [-0.25, -0.2) is 0 Å². The summed E-state index contributed by atoms with van der Waals surface area (Å²) < 4.78 is 7.51. The van der Waals surface area contributed by atoms with E-state index in [9.17, 15) is 9.90 Å². The van der Waals surface area contributed by atoms with Gasteiger partial charge in [0.1, 0.15) is 17.1 Å². The predicted molar refractivity (Wildman–Crippen MR) is 236 cm³/mol. The molecule has 0 fully saturated rings. The molecule has 1 radical (unpaired) electrons. The van der Waals surface area contributed by atoms with Gasteiger partial charge in [-0.1, -0.05) is 124 Å². The average molecular weight is 949 g/mol. The molecule has 0 bridgehead atoms. The number of pyridine rings is 1. The van der Waals surface area contributed by atoms with E-state index < -0.39 is 0 Å². The monoisotopic (exact) mass is 949 g/mol. The number of allylic oxidation sites excluding steroid dienone is 2. The van der Waals surface area contributed by atoms with Gasteiger partial charge in [-0.05, 0) is 79.7 Å². The zero-order chi connectivity index (χ0) is 40.5. The SMILES string of the molecule is CCC(C)(CC)C(=O)/C=C(\O)C(C)(CC)CC.Cc1sc2c(-c3ccc4cc(CC(C)C)oc4c3)cc(-c3[c-]c4ccccc4c(C(C)(C)C)c3)nc2c1C.[Ir]. The molecule has 0 saturated heterocycles. The number of nitrogens with zero attached hydrogens (tertiary/aromatic N) is 1. The maximum Gasteiger partial charge on any atom is 0.164 e. The number of fused-ring (bicyclic) bond motifs is 3. The Morgan fingerprint density at radius 3 is 2.14 bits per heavy atom. The van der Waals surface area contributed by atoms with Gasteiger partial charge in [-0.2, -0.15) is 0 Å². The number of thiophene rings is 1. The second kappa shape index (κ2) is 17.9. The fraction of sp³-hybridized carbons (Fsp3) is 0.440. The summed E-state index contributed by atoms with van der Waals surface area (Å²) in [5, 5.41) is 13.7. The molecule has 3 heterocycles. The van der Waals surface area contributed by atoms with E-state index in [0.717, 1.165) is 76.6 Å². The van der Waals surface area contributed by atoms with E-state index in [-0.39, 0.29) is 47.9 Å². The minimum atomic E-state index is -0.337. The smallest absolute Gasteiger partial charge is 0.164 e. The van der Waals surface area contributed by atoms with E-state index in [1.165, 1.54) is 37.7 Å². The zero-order valence-electron chi connectivity index (χ0n) is 35.9. The molecule has 6 heteroatoms. The molecule has 0 aliphatic carbocycles. The molecule has 0 atom stereocenters. The number of aromatic nitrogens is 1. The standard InChI is InChI=1S/C35H34NOS.C15H28O2.Ir/c1-20(2)14-27-16-25-13-12-24(18-32(25)37-27)29-19-31(36-33-21(3)22(4)38-34(29)33)26-15-23-10-8-9-11-28(23)30(17-26)35(5,6)7;1-7-14(5,8-2)12(16)11-13(17)15(6,9-3)10-4;/h8-13,16-20H,14H2,1-7H3;11,16H,7-10H2,1-6H3;/q-1;;/b;12-11-;. The third-order valence-corrected chi connectivity index (χ3v) is 13.3. The van der Waals surface area contributed by atoms with Crippen molar-refractivity contribution in [3.8, 4) is 22.4 Å². The van der Waals surface area contributed by atoms with Crippen LogP contribution in [0.1, 0.15) is 124 Å². The van der Waals surface area contributed by atoms with Crippen molar-refractivity contribution in [1.82, 2.24) is 4.98 Å². The molecule has 0 aliphatic rings. The van der Waals surface area contributed by atoms with E-state index in [4.69, 9.17) is 9.40 Å². The van der Waals surface area contributed by atoms with Gasteiger partial charge in [-0.3, -0.25) is 9.78 Å². The number of aliphatic hydroxyl groups is 1. The number of aliphatic hydroxyl groups excluding tert-OH is 1. The second-order valence-electron chi connectivity index (χ2n) is 17.4. The Hall–Kier alpha value is -3.57. The van der Waals surface area contributed by atoms with Gasteiger partial charge in [-0.15, -0.1) is 40.5 Å². The number of hydrogen-bond acceptors (Lipinski definition) is 5. The fourth-order valence-corrected chi connectivity index (χ4v) is 8.21. The van der Waals surface area contributed by atoms with Crippen molar-refractivity contribution >= 4 is 49.1 Å². The van der Waals surface area contributed by atoms with E-state index in [2.05, 4.69) is 115 Å². The van der Waals surface area contributed by atoms with Crippen LogP contribution in [0.2, 0.25) is 0 Å². The molecule has 56 heavy (non-hydrogen) atoms. The van der Waals surface area contributed by atoms with Gasteiger partial charge in [0, 0.05) is 59.4 Å². The third kappa shape index (κ3) is 9.41. The van der Waals surface area contributed by atoms with Crippen molar-refractivity contribution in [2.75, 3.05) is 0 Å². The Balaban J connectivity index is 0.000000330. The van der Waals surface area contributed by atoms with Crippen LogP contribution in [0.15, 0.2) is 76.9 Å². The van der Waals surface area contributed by atoms with Crippen molar-refractivity contribution in [3.63, 3.8) is 0 Å². The van der Waals surface area contributed by atoms with Gasteiger partial charge >= 0.3 is 0 Å². The minimum Gasteiger partial charge on any atom is -0.512 e. The van der Waals surface area contributed by atoms with Crippen LogP contribution in [0.25, 0.3) is 54.3 Å². The Labute approximate surface area is 353 Å². The first kappa shape index (κ1) is 45.1. The molecule has 0 amide bonds. The van der Waals surface area contributed by atoms with Crippen LogP contribution in [-0.4, -0.2) is 15.9 Å². The normalized spacial score (nSPS) is 12.6. The molecule has 301 valence electrons. The van der Waals surface area contributed by atoms with Gasteiger partial charge in [0.15, 0.2) is 5.78 Å². The summed E-state index contributed by atoms with van der Waals surface area (Å²) in [5.74, 6) is 1.90. The van der Waals surface area contributed by atoms with Crippen LogP contribution in [0.3, 0.4) is 0 Å². The summed E-state index contributed by atoms with van der Waals surface area (Å²) in [4.78, 5) is 18.7. The van der Waals surface area contributed by atoms with Crippen molar-refractivity contribution in [3.05, 3.63) is 100 Å². The quantitative estimate of drug-likeness (QED) is 0.0798. The van der Waals surface area contributed by atoms with E-state index in [1.54, 1.807) is 0 Å². The third-order valence-electron chi connectivity index (χ3n) is 12.1. The van der Waals surface area contributed by atoms with Gasteiger partial charge in [0.05, 0.1) is 10.2 Å². The van der Waals surface area contributed by atoms with E-state index in [0.29, 0.717) is 5.92 Å². The molecule has 4 nitrogen and oxygen atoms in total. The van der Waals surface area contributed by atoms with Gasteiger partial charge < -0.3 is 9.52 Å². The fourth-order valence-electron chi connectivity index (χ4n) is 7.07. The van der Waals surface area contributed by atoms with Crippen molar-refractivity contribution in [2.45, 2.75) is 128 Å². The minimum absolute atomic E-state index is 0. The van der Waals surface area contributed by atoms with Crippen molar-refractivity contribution in [1.29, 1.82) is 0 Å². The van der Waals surface area contributed by atoms with E-state index >= 15 is 0 Å². The van der Waals surface area contributed by atoms with Crippen LogP contribution < -0.4 is 0 Å². The summed E-state index contributed by atoms with van der Waals surface area (Å²) in [6, 6.07) is 25.6. The Morgan fingerprint density at radius 1 is 0.893 bits per heavy atom. The van der Waals surface area contributed by atoms with Gasteiger partial charge in [0.2, 0.25) is 0 Å². The Bertz CT molecular complexity index is 2340. The van der Waals surface area contributed by atoms with Crippen LogP contribution >= 0.6 is 11.3 Å². The van der Waals surface area contributed by atoms with E-state index in [1.807, 2.05) is 52.9 Å². The molecule has 6 rings (SSSR count). The number of ketones is 1. The molecule has 6 aromatic rings. The molecule has 1 N–H and O–H groups in total. The molecular weight excluding hydrogens is 887 g/mol. The molecular formula is C50H62IrNO3S-. The zero-order valence-corrected chi connectivity index (χ0v) is 39.1. The van der Waals surface area contributed by atoms with Crippen molar-refractivity contribution in [2.24, 2.45) is 16.7 Å². The number of rotatable bonds is 11. The van der Waals surface area contributed by atoms with Crippen molar-refractivity contribution < 1.29 is 34.4 Å². The summed E-state index contributed by atoms with van der Waals surface area (Å²) >= 11 is 1.83. The summed E-state index contributed by atoms with van der Waals surface area (Å²) in [6.07, 6.45) is 5.70. The Kier molecular flexibility index (Phi) is 14.4. The number of hydrogen-bond donors (Lipinski definition) is 1. The average Bonchev–Trinajstić information content (AvgIpc) is 3.70. The number of furan rings is 1. The van der Waals surface area contributed by atoms with Crippen LogP contribution in [0.4, 0.5) is 0 Å². The predicted octanol–water partition coefficient (Wildman–Crippen LogP) is 15.1. The van der Waals surface area contributed by atoms with Crippen LogP contribution in [0.5, 0.6) is 0 Å². The van der Waals surface area contributed by atoms with Crippen LogP contribution in [0, 0.1) is 36.7 Å². The Morgan fingerprint density at radius 2 is 1.54 bits per heavy atom. The first-order valence-electron chi connectivity index (χ1n) is 20.2. The first-order valence-corrected chi connectivity index (χ1v) is 21.0. The first-order chi connectivity index (χ1) is 25.9. The number of benzene rings is 3.